The van der Waals surface area contributed by atoms with Gasteiger partial charge in [-0.1, -0.05) is 0 Å². The third-order valence-electron chi connectivity index (χ3n) is 0.642. The van der Waals surface area contributed by atoms with Gasteiger partial charge in [0.2, 0.25) is 5.88 Å². The molecule has 0 amide bonds. The number of nitrogens with one attached hydrogen (secondary N) is 1. The standard InChI is InChI=1S/C4H4F2N2O/c5-4(6)9-3-1-2-7-8-3/h1-2,4H,(H,7,8)/i2D. The fourth-order valence-electron chi connectivity index (χ4n) is 0.367. The van der Waals surface area contributed by atoms with E-state index in [0.717, 1.165) is 6.07 Å². The maximum Gasteiger partial charge on any atom is 0.388 e. The van der Waals surface area contributed by atoms with Crippen LogP contribution in [0.25, 0.3) is 0 Å². The Morgan fingerprint density at radius 1 is 1.89 bits per heavy atom. The highest BCUT2D eigenvalue weighted by molar-refractivity contribution is 5.03. The first-order valence-electron chi connectivity index (χ1n) is 2.65. The van der Waals surface area contributed by atoms with Crippen LogP contribution < -0.4 is 4.74 Å². The molecule has 1 aromatic heterocycles. The fourth-order valence-corrected chi connectivity index (χ4v) is 0.367. The number of halogens is 2. The molecule has 0 aromatic carbocycles. The monoisotopic (exact) mass is 135 g/mol. The van der Waals surface area contributed by atoms with Gasteiger partial charge in [-0.15, -0.1) is 0 Å². The van der Waals surface area contributed by atoms with E-state index in [2.05, 4.69) is 14.9 Å². The molecule has 0 atom stereocenters. The molecular formula is C4H4F2N2O. The summed E-state index contributed by atoms with van der Waals surface area (Å²) >= 11 is 0. The zero-order valence-corrected chi connectivity index (χ0v) is 4.27. The van der Waals surface area contributed by atoms with Crippen molar-refractivity contribution in [3.63, 3.8) is 0 Å². The van der Waals surface area contributed by atoms with Crippen molar-refractivity contribution in [2.24, 2.45) is 0 Å². The van der Waals surface area contributed by atoms with Crippen LogP contribution in [0, 0.1) is 0 Å². The van der Waals surface area contributed by atoms with Crippen LogP contribution in [-0.4, -0.2) is 16.8 Å². The molecule has 0 aliphatic carbocycles. The Balaban J connectivity index is 2.58. The zero-order valence-electron chi connectivity index (χ0n) is 5.27. The first-order chi connectivity index (χ1) is 4.68. The largest absolute Gasteiger partial charge is 0.417 e. The second-order valence-corrected chi connectivity index (χ2v) is 1.24. The normalized spacial score (nSPS) is 11.7. The summed E-state index contributed by atoms with van der Waals surface area (Å²) in [5.41, 5.74) is 0. The topological polar surface area (TPSA) is 37.9 Å². The van der Waals surface area contributed by atoms with Gasteiger partial charge < -0.3 is 4.74 Å². The quantitative estimate of drug-likeness (QED) is 0.657. The van der Waals surface area contributed by atoms with Gasteiger partial charge in [-0.2, -0.15) is 13.9 Å². The smallest absolute Gasteiger partial charge is 0.388 e. The molecular weight excluding hydrogens is 130 g/mol. The molecule has 1 N–H and O–H groups in total. The Morgan fingerprint density at radius 2 is 2.67 bits per heavy atom. The summed E-state index contributed by atoms with van der Waals surface area (Å²) in [5.74, 6) is -0.194. The third kappa shape index (κ3) is 1.67. The maximum absolute atomic E-state index is 11.4. The maximum atomic E-state index is 11.4. The predicted octanol–water partition coefficient (Wildman–Crippen LogP) is 1.01. The van der Waals surface area contributed by atoms with Crippen LogP contribution in [0.3, 0.4) is 0 Å². The van der Waals surface area contributed by atoms with Crippen molar-refractivity contribution in [3.05, 3.63) is 12.2 Å². The lowest BCUT2D eigenvalue weighted by Crippen LogP contribution is -2.01. The summed E-state index contributed by atoms with van der Waals surface area (Å²) in [5, 5.41) is 5.35. The van der Waals surface area contributed by atoms with E-state index in [0.29, 0.717) is 0 Å². The van der Waals surface area contributed by atoms with Crippen molar-refractivity contribution < 1.29 is 14.9 Å². The van der Waals surface area contributed by atoms with Crippen molar-refractivity contribution in [2.75, 3.05) is 0 Å². The summed E-state index contributed by atoms with van der Waals surface area (Å²) in [7, 11) is 0. The van der Waals surface area contributed by atoms with Crippen LogP contribution in [0.4, 0.5) is 8.78 Å². The number of aromatic amines is 1. The summed E-state index contributed by atoms with van der Waals surface area (Å²) < 4.78 is 33.5. The van der Waals surface area contributed by atoms with Crippen LogP contribution >= 0.6 is 0 Å². The van der Waals surface area contributed by atoms with Gasteiger partial charge in [0, 0.05) is 6.07 Å². The van der Waals surface area contributed by atoms with Gasteiger partial charge in [0.25, 0.3) is 0 Å². The van der Waals surface area contributed by atoms with E-state index in [4.69, 9.17) is 1.37 Å². The molecule has 5 heteroatoms. The van der Waals surface area contributed by atoms with Gasteiger partial charge >= 0.3 is 6.61 Å². The Hall–Kier alpha value is -1.13. The van der Waals surface area contributed by atoms with Gasteiger partial charge in [-0.3, -0.25) is 0 Å². The summed E-state index contributed by atoms with van der Waals surface area (Å²) in [6.07, 6.45) is -0.129. The average molecular weight is 135 g/mol. The first-order valence-corrected chi connectivity index (χ1v) is 2.15. The molecule has 0 saturated heterocycles. The van der Waals surface area contributed by atoms with Crippen LogP contribution in [0.5, 0.6) is 5.88 Å². The van der Waals surface area contributed by atoms with Crippen LogP contribution in [0.15, 0.2) is 12.2 Å². The molecule has 0 bridgehead atoms. The second-order valence-electron chi connectivity index (χ2n) is 1.24. The molecule has 9 heavy (non-hydrogen) atoms. The van der Waals surface area contributed by atoms with Gasteiger partial charge in [0.1, 0.15) is 0 Å². The zero-order chi connectivity index (χ0) is 7.56. The van der Waals surface area contributed by atoms with Crippen molar-refractivity contribution in [1.29, 1.82) is 0 Å². The van der Waals surface area contributed by atoms with Crippen molar-refractivity contribution in [3.8, 4) is 5.88 Å². The second kappa shape index (κ2) is 2.43. The predicted molar refractivity (Wildman–Crippen MR) is 25.2 cm³/mol. The van der Waals surface area contributed by atoms with Gasteiger partial charge in [0.05, 0.1) is 7.54 Å². The molecule has 0 spiro atoms. The highest BCUT2D eigenvalue weighted by Gasteiger charge is 2.02. The first kappa shape index (κ1) is 4.72. The van der Waals surface area contributed by atoms with Crippen LogP contribution in [-0.2, 0) is 0 Å². The minimum absolute atomic E-state index is 0.129. The number of ether oxygens (including phenoxy) is 1. The van der Waals surface area contributed by atoms with E-state index < -0.39 is 6.61 Å². The molecule has 0 fully saturated rings. The Bertz CT molecular complexity index is 215. The molecule has 3 nitrogen and oxygen atoms in total. The summed E-state index contributed by atoms with van der Waals surface area (Å²) in [4.78, 5) is 0. The van der Waals surface area contributed by atoms with Crippen molar-refractivity contribution in [2.45, 2.75) is 6.61 Å². The SMILES string of the molecule is [2H]c1cc(OC(F)F)[nH]n1. The Labute approximate surface area is 51.0 Å². The third-order valence-corrected chi connectivity index (χ3v) is 0.642. The average Bonchev–Trinajstić information content (AvgIpc) is 2.13. The van der Waals surface area contributed by atoms with Gasteiger partial charge in [-0.05, 0) is 0 Å². The van der Waals surface area contributed by atoms with Crippen LogP contribution in [0.2, 0.25) is 0 Å². The van der Waals surface area contributed by atoms with E-state index >= 15 is 0 Å². The summed E-state index contributed by atoms with van der Waals surface area (Å²) in [6.45, 7) is -2.88. The fraction of sp³-hybridized carbons (Fsp3) is 0.250. The molecule has 50 valence electrons. The molecule has 0 unspecified atom stereocenters. The highest BCUT2D eigenvalue weighted by Crippen LogP contribution is 2.06. The number of hydrogen-bond donors (Lipinski definition) is 1. The van der Waals surface area contributed by atoms with E-state index in [1.165, 1.54) is 0 Å². The molecule has 0 radical (unpaired) electrons. The summed E-state index contributed by atoms with van der Waals surface area (Å²) in [6, 6.07) is 1.06. The van der Waals surface area contributed by atoms with E-state index in [-0.39, 0.29) is 12.1 Å². The van der Waals surface area contributed by atoms with Gasteiger partial charge in [-0.25, -0.2) is 5.10 Å². The van der Waals surface area contributed by atoms with Crippen molar-refractivity contribution >= 4 is 0 Å². The Kier molecular flexibility index (Phi) is 1.27. The molecule has 1 aromatic rings. The molecule has 0 aliphatic heterocycles. The number of rotatable bonds is 2. The number of aromatic nitrogens is 2. The highest BCUT2D eigenvalue weighted by atomic mass is 19.3. The lowest BCUT2D eigenvalue weighted by Gasteiger charge is -1.97. The number of H-pyrrole nitrogens is 1. The van der Waals surface area contributed by atoms with Crippen molar-refractivity contribution in [1.82, 2.24) is 10.2 Å². The lowest BCUT2D eigenvalue weighted by atomic mass is 10.7. The van der Waals surface area contributed by atoms with E-state index in [9.17, 15) is 8.78 Å². The minimum Gasteiger partial charge on any atom is -0.417 e. The molecule has 1 heterocycles. The number of nitrogens with zero attached hydrogens (tertiary/aromatic N) is 1. The number of alkyl halides is 2. The molecule has 1 rings (SSSR count). The molecule has 0 aliphatic rings. The minimum atomic E-state index is -2.88. The lowest BCUT2D eigenvalue weighted by molar-refractivity contribution is -0.0528. The van der Waals surface area contributed by atoms with E-state index in [1.54, 1.807) is 0 Å². The van der Waals surface area contributed by atoms with E-state index in [1.807, 2.05) is 0 Å². The van der Waals surface area contributed by atoms with Gasteiger partial charge in [0.15, 0.2) is 0 Å². The van der Waals surface area contributed by atoms with Crippen LogP contribution in [0.1, 0.15) is 1.37 Å². The number of hydrogen-bond acceptors (Lipinski definition) is 2. The molecule has 0 saturated carbocycles. The Morgan fingerprint density at radius 3 is 3.11 bits per heavy atom.